The molecule has 0 fully saturated rings. The van der Waals surface area contributed by atoms with E-state index in [1.54, 1.807) is 60.8 Å². The van der Waals surface area contributed by atoms with Crippen LogP contribution in [0.1, 0.15) is 31.8 Å². The van der Waals surface area contributed by atoms with Gasteiger partial charge in [0.2, 0.25) is 0 Å². The number of amides is 1. The fourth-order valence-electron chi connectivity index (χ4n) is 2.26. The highest BCUT2D eigenvalue weighted by molar-refractivity contribution is 6.04. The average molecular weight is 342 g/mol. The van der Waals surface area contributed by atoms with Crippen molar-refractivity contribution < 1.29 is 14.7 Å². The van der Waals surface area contributed by atoms with Gasteiger partial charge in [-0.25, -0.2) is 4.79 Å². The summed E-state index contributed by atoms with van der Waals surface area (Å²) in [5.41, 5.74) is 2.44. The van der Waals surface area contributed by atoms with Crippen LogP contribution in [-0.2, 0) is 0 Å². The minimum atomic E-state index is -1.01. The Balaban J connectivity index is 1.73. The van der Waals surface area contributed by atoms with Gasteiger partial charge in [0.15, 0.2) is 0 Å². The standard InChI is InChI=1S/C21H14N2O3/c24-20(17-5-3-13-22-14-17)23-18-11-8-15(9-12-18)7-10-16-4-1-2-6-19(16)21(25)26/h1-6,8-9,11-14H,(H,23,24)(H,25,26). The zero-order valence-corrected chi connectivity index (χ0v) is 13.6. The number of aromatic nitrogens is 1. The van der Waals surface area contributed by atoms with E-state index in [1.807, 2.05) is 0 Å². The molecule has 3 rings (SSSR count). The molecule has 0 aliphatic carbocycles. The molecule has 3 aromatic rings. The van der Waals surface area contributed by atoms with Gasteiger partial charge in [-0.3, -0.25) is 9.78 Å². The number of pyridine rings is 1. The van der Waals surface area contributed by atoms with Crippen molar-refractivity contribution in [1.82, 2.24) is 4.98 Å². The van der Waals surface area contributed by atoms with Crippen LogP contribution in [0.5, 0.6) is 0 Å². The Hall–Kier alpha value is -3.91. The largest absolute Gasteiger partial charge is 0.478 e. The molecule has 0 atom stereocenters. The van der Waals surface area contributed by atoms with Crippen molar-refractivity contribution in [3.63, 3.8) is 0 Å². The SMILES string of the molecule is O=C(Nc1ccc(C#Cc2ccccc2C(=O)O)cc1)c1cccnc1. The van der Waals surface area contributed by atoms with Crippen LogP contribution in [0, 0.1) is 11.8 Å². The maximum Gasteiger partial charge on any atom is 0.336 e. The lowest BCUT2D eigenvalue weighted by Gasteiger charge is -2.04. The van der Waals surface area contributed by atoms with E-state index in [1.165, 1.54) is 12.3 Å². The summed E-state index contributed by atoms with van der Waals surface area (Å²) in [7, 11) is 0. The zero-order valence-electron chi connectivity index (χ0n) is 13.6. The van der Waals surface area contributed by atoms with E-state index in [0.717, 1.165) is 0 Å². The highest BCUT2D eigenvalue weighted by Gasteiger charge is 2.07. The Morgan fingerprint density at radius 1 is 0.923 bits per heavy atom. The Morgan fingerprint density at radius 3 is 2.38 bits per heavy atom. The third-order valence-electron chi connectivity index (χ3n) is 3.57. The van der Waals surface area contributed by atoms with Crippen LogP contribution in [0.25, 0.3) is 0 Å². The van der Waals surface area contributed by atoms with Gasteiger partial charge in [-0.1, -0.05) is 24.0 Å². The quantitative estimate of drug-likeness (QED) is 0.715. The van der Waals surface area contributed by atoms with Crippen LogP contribution in [0.3, 0.4) is 0 Å². The van der Waals surface area contributed by atoms with E-state index in [2.05, 4.69) is 22.1 Å². The lowest BCUT2D eigenvalue weighted by atomic mass is 10.1. The van der Waals surface area contributed by atoms with Gasteiger partial charge < -0.3 is 10.4 Å². The van der Waals surface area contributed by atoms with Crippen molar-refractivity contribution in [2.24, 2.45) is 0 Å². The van der Waals surface area contributed by atoms with Crippen LogP contribution in [0.4, 0.5) is 5.69 Å². The van der Waals surface area contributed by atoms with Gasteiger partial charge in [-0.15, -0.1) is 0 Å². The van der Waals surface area contributed by atoms with Gasteiger partial charge >= 0.3 is 5.97 Å². The molecule has 0 saturated carbocycles. The number of nitrogens with zero attached hydrogens (tertiary/aromatic N) is 1. The van der Waals surface area contributed by atoms with E-state index in [0.29, 0.717) is 22.4 Å². The number of carboxylic acid groups (broad SMARTS) is 1. The molecule has 26 heavy (non-hydrogen) atoms. The molecule has 5 heteroatoms. The van der Waals surface area contributed by atoms with Crippen molar-refractivity contribution in [2.75, 3.05) is 5.32 Å². The molecule has 126 valence electrons. The molecular weight excluding hydrogens is 328 g/mol. The first kappa shape index (κ1) is 16.9. The van der Waals surface area contributed by atoms with Gasteiger partial charge in [-0.2, -0.15) is 0 Å². The van der Waals surface area contributed by atoms with E-state index >= 15 is 0 Å². The number of benzene rings is 2. The van der Waals surface area contributed by atoms with Crippen LogP contribution in [-0.4, -0.2) is 22.0 Å². The number of aromatic carboxylic acids is 1. The number of rotatable bonds is 3. The summed E-state index contributed by atoms with van der Waals surface area (Å²) >= 11 is 0. The maximum absolute atomic E-state index is 12.1. The normalized spacial score (nSPS) is 9.69. The fourth-order valence-corrected chi connectivity index (χ4v) is 2.26. The summed E-state index contributed by atoms with van der Waals surface area (Å²) < 4.78 is 0. The third kappa shape index (κ3) is 4.13. The van der Waals surface area contributed by atoms with Gasteiger partial charge in [-0.05, 0) is 48.5 Å². The van der Waals surface area contributed by atoms with E-state index < -0.39 is 5.97 Å². The summed E-state index contributed by atoms with van der Waals surface area (Å²) in [4.78, 5) is 27.2. The number of carboxylic acids is 1. The summed E-state index contributed by atoms with van der Waals surface area (Å²) in [6, 6.07) is 17.0. The molecule has 5 nitrogen and oxygen atoms in total. The average Bonchev–Trinajstić information content (AvgIpc) is 2.68. The van der Waals surface area contributed by atoms with Crippen molar-refractivity contribution in [1.29, 1.82) is 0 Å². The van der Waals surface area contributed by atoms with Gasteiger partial charge in [0, 0.05) is 29.2 Å². The maximum atomic E-state index is 12.1. The molecule has 0 radical (unpaired) electrons. The van der Waals surface area contributed by atoms with Crippen molar-refractivity contribution in [3.8, 4) is 11.8 Å². The van der Waals surface area contributed by atoms with Crippen LogP contribution in [0.15, 0.2) is 73.1 Å². The predicted molar refractivity (Wildman–Crippen MR) is 98.0 cm³/mol. The smallest absolute Gasteiger partial charge is 0.336 e. The molecule has 0 aliphatic rings. The predicted octanol–water partition coefficient (Wildman–Crippen LogP) is 3.43. The van der Waals surface area contributed by atoms with E-state index in [4.69, 9.17) is 5.11 Å². The van der Waals surface area contributed by atoms with E-state index in [9.17, 15) is 9.59 Å². The van der Waals surface area contributed by atoms with Crippen LogP contribution >= 0.6 is 0 Å². The second-order valence-corrected chi connectivity index (χ2v) is 5.37. The molecule has 0 bridgehead atoms. The van der Waals surface area contributed by atoms with Crippen LogP contribution < -0.4 is 5.32 Å². The first-order chi connectivity index (χ1) is 12.6. The first-order valence-corrected chi connectivity index (χ1v) is 7.79. The second kappa shape index (κ2) is 7.77. The van der Waals surface area contributed by atoms with Gasteiger partial charge in [0.1, 0.15) is 0 Å². The Kier molecular flexibility index (Phi) is 5.06. The number of carbonyl (C=O) groups excluding carboxylic acids is 1. The first-order valence-electron chi connectivity index (χ1n) is 7.79. The van der Waals surface area contributed by atoms with Crippen molar-refractivity contribution in [3.05, 3.63) is 95.3 Å². The van der Waals surface area contributed by atoms with Crippen molar-refractivity contribution in [2.45, 2.75) is 0 Å². The topological polar surface area (TPSA) is 79.3 Å². The third-order valence-corrected chi connectivity index (χ3v) is 3.57. The van der Waals surface area contributed by atoms with E-state index in [-0.39, 0.29) is 11.5 Å². The Bertz CT molecular complexity index is 1000. The molecule has 0 saturated heterocycles. The molecule has 0 unspecified atom stereocenters. The molecule has 0 spiro atoms. The number of hydrogen-bond donors (Lipinski definition) is 2. The van der Waals surface area contributed by atoms with Gasteiger partial charge in [0.25, 0.3) is 5.91 Å². The summed E-state index contributed by atoms with van der Waals surface area (Å²) in [5.74, 6) is 4.55. The Morgan fingerprint density at radius 2 is 1.69 bits per heavy atom. The lowest BCUT2D eigenvalue weighted by molar-refractivity contribution is 0.0696. The fraction of sp³-hybridized carbons (Fsp3) is 0. The summed E-state index contributed by atoms with van der Waals surface area (Å²) in [5, 5.41) is 11.9. The Labute approximate surface area is 150 Å². The molecule has 1 aromatic heterocycles. The summed E-state index contributed by atoms with van der Waals surface area (Å²) in [6.45, 7) is 0. The minimum absolute atomic E-state index is 0.167. The van der Waals surface area contributed by atoms with Crippen LogP contribution in [0.2, 0.25) is 0 Å². The highest BCUT2D eigenvalue weighted by Crippen LogP contribution is 2.12. The molecule has 2 N–H and O–H groups in total. The molecule has 1 amide bonds. The molecule has 0 aliphatic heterocycles. The van der Waals surface area contributed by atoms with Gasteiger partial charge in [0.05, 0.1) is 11.1 Å². The monoisotopic (exact) mass is 342 g/mol. The minimum Gasteiger partial charge on any atom is -0.478 e. The number of anilines is 1. The number of nitrogens with one attached hydrogen (secondary N) is 1. The number of hydrogen-bond acceptors (Lipinski definition) is 3. The zero-order chi connectivity index (χ0) is 18.4. The second-order valence-electron chi connectivity index (χ2n) is 5.37. The van der Waals surface area contributed by atoms with Crippen molar-refractivity contribution >= 4 is 17.6 Å². The molecule has 2 aromatic carbocycles. The molecular formula is C21H14N2O3. The summed E-state index contributed by atoms with van der Waals surface area (Å²) in [6.07, 6.45) is 3.10. The highest BCUT2D eigenvalue weighted by atomic mass is 16.4. The molecule has 1 heterocycles. The number of carbonyl (C=O) groups is 2. The lowest BCUT2D eigenvalue weighted by Crippen LogP contribution is -2.11.